The van der Waals surface area contributed by atoms with Crippen molar-refractivity contribution in [3.05, 3.63) is 90.0 Å². The van der Waals surface area contributed by atoms with E-state index in [1.165, 1.54) is 12.1 Å². The molecule has 0 spiro atoms. The number of carbonyl (C=O) groups excluding carboxylic acids is 2. The molecule has 0 bridgehead atoms. The SMILES string of the molecule is CN1CCN(C(=O)Cc2cccc(F)c2)[C@@H](Cc2cccc(-c3ccncc3)c2)C1=O. The smallest absolute Gasteiger partial charge is 0.245 e. The average Bonchev–Trinajstić information content (AvgIpc) is 2.78. The van der Waals surface area contributed by atoms with Crippen LogP contribution in [0.1, 0.15) is 11.1 Å². The van der Waals surface area contributed by atoms with Gasteiger partial charge in [0.1, 0.15) is 11.9 Å². The molecular formula is C25H24FN3O2. The predicted octanol–water partition coefficient (Wildman–Crippen LogP) is 3.34. The maximum absolute atomic E-state index is 13.5. The van der Waals surface area contributed by atoms with E-state index >= 15 is 0 Å². The zero-order chi connectivity index (χ0) is 21.8. The van der Waals surface area contributed by atoms with Crippen molar-refractivity contribution in [3.63, 3.8) is 0 Å². The molecule has 1 fully saturated rings. The summed E-state index contributed by atoms with van der Waals surface area (Å²) >= 11 is 0. The van der Waals surface area contributed by atoms with Gasteiger partial charge in [0.05, 0.1) is 6.42 Å². The quantitative estimate of drug-likeness (QED) is 0.640. The largest absolute Gasteiger partial charge is 0.342 e. The van der Waals surface area contributed by atoms with Crippen LogP contribution in [0.2, 0.25) is 0 Å². The van der Waals surface area contributed by atoms with Crippen molar-refractivity contribution in [2.75, 3.05) is 20.1 Å². The van der Waals surface area contributed by atoms with Gasteiger partial charge in [-0.05, 0) is 46.5 Å². The second-order valence-electron chi connectivity index (χ2n) is 7.81. The summed E-state index contributed by atoms with van der Waals surface area (Å²) in [4.78, 5) is 33.4. The molecule has 1 aromatic heterocycles. The van der Waals surface area contributed by atoms with Crippen LogP contribution in [-0.4, -0.2) is 52.8 Å². The topological polar surface area (TPSA) is 53.5 Å². The van der Waals surface area contributed by atoms with E-state index in [9.17, 15) is 14.0 Å². The van der Waals surface area contributed by atoms with E-state index in [0.717, 1.165) is 16.7 Å². The molecule has 31 heavy (non-hydrogen) atoms. The lowest BCUT2D eigenvalue weighted by molar-refractivity contribution is -0.149. The van der Waals surface area contributed by atoms with Gasteiger partial charge < -0.3 is 9.80 Å². The van der Waals surface area contributed by atoms with E-state index in [-0.39, 0.29) is 24.1 Å². The summed E-state index contributed by atoms with van der Waals surface area (Å²) < 4.78 is 13.5. The lowest BCUT2D eigenvalue weighted by Crippen LogP contribution is -2.58. The van der Waals surface area contributed by atoms with Crippen LogP contribution < -0.4 is 0 Å². The van der Waals surface area contributed by atoms with Crippen LogP contribution in [0.5, 0.6) is 0 Å². The minimum Gasteiger partial charge on any atom is -0.342 e. The van der Waals surface area contributed by atoms with E-state index in [4.69, 9.17) is 0 Å². The van der Waals surface area contributed by atoms with Gasteiger partial charge >= 0.3 is 0 Å². The Morgan fingerprint density at radius 1 is 1.00 bits per heavy atom. The van der Waals surface area contributed by atoms with Gasteiger partial charge in [-0.3, -0.25) is 14.6 Å². The molecule has 5 nitrogen and oxygen atoms in total. The molecule has 0 aliphatic carbocycles. The second kappa shape index (κ2) is 9.08. The maximum Gasteiger partial charge on any atom is 0.245 e. The normalized spacial score (nSPS) is 16.5. The highest BCUT2D eigenvalue weighted by molar-refractivity contribution is 5.89. The fraction of sp³-hybridized carbons (Fsp3) is 0.240. The molecule has 1 aliphatic rings. The van der Waals surface area contributed by atoms with Gasteiger partial charge in [-0.25, -0.2) is 4.39 Å². The van der Waals surface area contributed by atoms with Crippen LogP contribution in [-0.2, 0) is 22.4 Å². The first-order valence-electron chi connectivity index (χ1n) is 10.3. The molecule has 1 atom stereocenters. The van der Waals surface area contributed by atoms with Gasteiger partial charge in [-0.15, -0.1) is 0 Å². The number of aromatic nitrogens is 1. The zero-order valence-corrected chi connectivity index (χ0v) is 17.4. The minimum absolute atomic E-state index is 0.0717. The third-order valence-electron chi connectivity index (χ3n) is 5.65. The van der Waals surface area contributed by atoms with Crippen LogP contribution in [0.25, 0.3) is 11.1 Å². The maximum atomic E-state index is 13.5. The van der Waals surface area contributed by atoms with E-state index in [1.54, 1.807) is 41.4 Å². The predicted molar refractivity (Wildman–Crippen MR) is 117 cm³/mol. The van der Waals surface area contributed by atoms with Crippen LogP contribution in [0.15, 0.2) is 73.1 Å². The molecule has 158 valence electrons. The fourth-order valence-corrected chi connectivity index (χ4v) is 3.98. The highest BCUT2D eigenvalue weighted by atomic mass is 19.1. The lowest BCUT2D eigenvalue weighted by atomic mass is 9.97. The number of amides is 2. The molecule has 0 radical (unpaired) electrons. The standard InChI is InChI=1S/C25H24FN3O2/c1-28-12-13-29(24(30)17-19-5-3-7-22(26)15-19)23(25(28)31)16-18-4-2-6-21(14-18)20-8-10-27-11-9-20/h2-11,14-15,23H,12-13,16-17H2,1H3/t23-/m0/s1. The molecule has 4 rings (SSSR count). The van der Waals surface area contributed by atoms with Gasteiger partial charge in [-0.2, -0.15) is 0 Å². The first-order valence-corrected chi connectivity index (χ1v) is 10.3. The number of pyridine rings is 1. The second-order valence-corrected chi connectivity index (χ2v) is 7.81. The van der Waals surface area contributed by atoms with Gasteiger partial charge in [-0.1, -0.05) is 36.4 Å². The van der Waals surface area contributed by atoms with Gasteiger partial charge in [0.2, 0.25) is 11.8 Å². The summed E-state index contributed by atoms with van der Waals surface area (Å²) in [6.45, 7) is 0.951. The summed E-state index contributed by atoms with van der Waals surface area (Å²) in [6.07, 6.45) is 3.99. The van der Waals surface area contributed by atoms with Crippen LogP contribution >= 0.6 is 0 Å². The summed E-state index contributed by atoms with van der Waals surface area (Å²) in [6, 6.07) is 17.3. The monoisotopic (exact) mass is 417 g/mol. The first kappa shape index (κ1) is 20.7. The Hall–Kier alpha value is -3.54. The Morgan fingerprint density at radius 2 is 1.74 bits per heavy atom. The number of nitrogens with zero attached hydrogens (tertiary/aromatic N) is 3. The molecule has 0 saturated carbocycles. The molecule has 2 amide bonds. The van der Waals surface area contributed by atoms with E-state index < -0.39 is 6.04 Å². The summed E-state index contributed by atoms with van der Waals surface area (Å²) in [7, 11) is 1.76. The Kier molecular flexibility index (Phi) is 6.07. The van der Waals surface area contributed by atoms with Crippen molar-refractivity contribution >= 4 is 11.8 Å². The first-order chi connectivity index (χ1) is 15.0. The third-order valence-corrected chi connectivity index (χ3v) is 5.65. The van der Waals surface area contributed by atoms with Crippen molar-refractivity contribution in [3.8, 4) is 11.1 Å². The van der Waals surface area contributed by atoms with Crippen LogP contribution in [0, 0.1) is 5.82 Å². The summed E-state index contributed by atoms with van der Waals surface area (Å²) in [5.41, 5.74) is 3.67. The van der Waals surface area contributed by atoms with E-state index in [1.807, 2.05) is 36.4 Å². The number of piperazine rings is 1. The molecule has 1 aliphatic heterocycles. The number of likely N-dealkylation sites (N-methyl/N-ethyl adjacent to an activating group) is 1. The third kappa shape index (κ3) is 4.79. The Bertz CT molecular complexity index is 1090. The van der Waals surface area contributed by atoms with Crippen LogP contribution in [0.3, 0.4) is 0 Å². The Morgan fingerprint density at radius 3 is 2.52 bits per heavy atom. The van der Waals surface area contributed by atoms with E-state index in [0.29, 0.717) is 25.1 Å². The number of carbonyl (C=O) groups is 2. The van der Waals surface area contributed by atoms with Crippen molar-refractivity contribution in [2.45, 2.75) is 18.9 Å². The molecule has 2 aromatic carbocycles. The van der Waals surface area contributed by atoms with Crippen molar-refractivity contribution in [1.29, 1.82) is 0 Å². The highest BCUT2D eigenvalue weighted by Crippen LogP contribution is 2.23. The average molecular weight is 417 g/mol. The lowest BCUT2D eigenvalue weighted by Gasteiger charge is -2.39. The Labute approximate surface area is 181 Å². The molecule has 3 aromatic rings. The molecular weight excluding hydrogens is 393 g/mol. The molecule has 0 N–H and O–H groups in total. The minimum atomic E-state index is -0.576. The molecule has 1 saturated heterocycles. The fourth-order valence-electron chi connectivity index (χ4n) is 3.98. The summed E-state index contributed by atoms with van der Waals surface area (Å²) in [5, 5.41) is 0. The van der Waals surface area contributed by atoms with Crippen LogP contribution in [0.4, 0.5) is 4.39 Å². The van der Waals surface area contributed by atoms with E-state index in [2.05, 4.69) is 4.98 Å². The molecule has 6 heteroatoms. The van der Waals surface area contributed by atoms with Gasteiger partial charge in [0.25, 0.3) is 0 Å². The van der Waals surface area contributed by atoms with Crippen molar-refractivity contribution in [1.82, 2.24) is 14.8 Å². The number of hydrogen-bond donors (Lipinski definition) is 0. The number of rotatable bonds is 5. The summed E-state index contributed by atoms with van der Waals surface area (Å²) in [5.74, 6) is -0.611. The van der Waals surface area contributed by atoms with Crippen molar-refractivity contribution < 1.29 is 14.0 Å². The number of hydrogen-bond acceptors (Lipinski definition) is 3. The zero-order valence-electron chi connectivity index (χ0n) is 17.4. The highest BCUT2D eigenvalue weighted by Gasteiger charge is 2.35. The van der Waals surface area contributed by atoms with Crippen molar-refractivity contribution in [2.24, 2.45) is 0 Å². The van der Waals surface area contributed by atoms with Gasteiger partial charge in [0, 0.05) is 39.0 Å². The van der Waals surface area contributed by atoms with Gasteiger partial charge in [0.15, 0.2) is 0 Å². The molecule has 2 heterocycles. The number of halogens is 1. The number of benzene rings is 2. The Balaban J connectivity index is 1.56. The molecule has 0 unspecified atom stereocenters.